The molecule has 17 heteroatoms. The SMILES string of the molecule is CCc1c(N2CCN(c3c[nH]n(C4CCC4)c3=O)[C@H](C)C2)c(=O)n2nc(-c3cccnc3)nc2n1CC(=O)Nc1ccc(C(F)(F)F)cc1Cl. The summed E-state index contributed by atoms with van der Waals surface area (Å²) < 4.78 is 44.1. The first-order valence-corrected chi connectivity index (χ1v) is 16.7. The smallest absolute Gasteiger partial charge is 0.362 e. The second kappa shape index (κ2) is 13.0. The number of benzene rings is 1. The van der Waals surface area contributed by atoms with Gasteiger partial charge in [-0.25, -0.2) is 4.68 Å². The van der Waals surface area contributed by atoms with Gasteiger partial charge in [0.05, 0.1) is 28.0 Å². The summed E-state index contributed by atoms with van der Waals surface area (Å²) in [6.45, 7) is 4.78. The molecule has 1 aromatic carbocycles. The van der Waals surface area contributed by atoms with Gasteiger partial charge in [0, 0.05) is 49.8 Å². The van der Waals surface area contributed by atoms with Crippen LogP contribution in [-0.2, 0) is 23.9 Å². The summed E-state index contributed by atoms with van der Waals surface area (Å²) in [5.41, 5.74) is 0.596. The largest absolute Gasteiger partial charge is 0.416 e. The maximum absolute atomic E-state index is 14.3. The molecule has 1 aliphatic heterocycles. The average Bonchev–Trinajstić information content (AvgIpc) is 3.67. The van der Waals surface area contributed by atoms with Crippen molar-refractivity contribution in [3.05, 3.63) is 85.9 Å². The zero-order chi connectivity index (χ0) is 35.3. The number of hydrogen-bond donors (Lipinski definition) is 2. The van der Waals surface area contributed by atoms with Gasteiger partial charge in [0.15, 0.2) is 5.82 Å². The highest BCUT2D eigenvalue weighted by atomic mass is 35.5. The zero-order valence-corrected chi connectivity index (χ0v) is 28.0. The molecule has 1 atom stereocenters. The van der Waals surface area contributed by atoms with E-state index in [0.717, 1.165) is 42.0 Å². The van der Waals surface area contributed by atoms with Crippen molar-refractivity contribution in [2.24, 2.45) is 0 Å². The molecule has 262 valence electrons. The Labute approximate surface area is 288 Å². The number of H-pyrrole nitrogens is 1. The number of anilines is 3. The molecule has 4 aromatic heterocycles. The lowest BCUT2D eigenvalue weighted by Gasteiger charge is -2.41. The van der Waals surface area contributed by atoms with Gasteiger partial charge in [-0.2, -0.15) is 22.7 Å². The number of aromatic nitrogens is 7. The van der Waals surface area contributed by atoms with Gasteiger partial charge >= 0.3 is 6.18 Å². The minimum Gasteiger partial charge on any atom is -0.362 e. The summed E-state index contributed by atoms with van der Waals surface area (Å²) in [5, 5.41) is 9.98. The average molecular weight is 711 g/mol. The van der Waals surface area contributed by atoms with Crippen LogP contribution in [0, 0.1) is 0 Å². The van der Waals surface area contributed by atoms with Gasteiger partial charge in [-0.1, -0.05) is 18.5 Å². The van der Waals surface area contributed by atoms with Crippen LogP contribution in [0.25, 0.3) is 17.2 Å². The highest BCUT2D eigenvalue weighted by Gasteiger charge is 2.33. The number of fused-ring (bicyclic) bond motifs is 1. The molecule has 1 amide bonds. The first-order valence-electron chi connectivity index (χ1n) is 16.4. The second-order valence-corrected chi connectivity index (χ2v) is 13.0. The lowest BCUT2D eigenvalue weighted by molar-refractivity contribution is -0.137. The highest BCUT2D eigenvalue weighted by molar-refractivity contribution is 6.33. The van der Waals surface area contributed by atoms with Crippen LogP contribution in [-0.4, -0.2) is 65.5 Å². The molecular formula is C33H34ClF3N10O3. The molecule has 7 rings (SSSR count). The molecular weight excluding hydrogens is 677 g/mol. The van der Waals surface area contributed by atoms with Crippen LogP contribution in [0.4, 0.5) is 30.2 Å². The zero-order valence-electron chi connectivity index (χ0n) is 27.2. The van der Waals surface area contributed by atoms with Gasteiger partial charge in [0.1, 0.15) is 17.9 Å². The number of carbonyl (C=O) groups is 1. The lowest BCUT2D eigenvalue weighted by Crippen LogP contribution is -2.55. The van der Waals surface area contributed by atoms with Gasteiger partial charge in [0.2, 0.25) is 11.7 Å². The van der Waals surface area contributed by atoms with Crippen molar-refractivity contribution in [3.8, 4) is 11.4 Å². The summed E-state index contributed by atoms with van der Waals surface area (Å²) in [5.74, 6) is -0.265. The van der Waals surface area contributed by atoms with Gasteiger partial charge in [-0.15, -0.1) is 5.10 Å². The van der Waals surface area contributed by atoms with Crippen molar-refractivity contribution < 1.29 is 18.0 Å². The molecule has 2 N–H and O–H groups in total. The molecule has 0 unspecified atom stereocenters. The minimum atomic E-state index is -4.60. The van der Waals surface area contributed by atoms with E-state index in [2.05, 4.69) is 25.5 Å². The Balaban J connectivity index is 1.25. The topological polar surface area (TPSA) is 138 Å². The van der Waals surface area contributed by atoms with Crippen LogP contribution in [0.15, 0.2) is 58.5 Å². The third kappa shape index (κ3) is 6.01. The number of pyridine rings is 1. The van der Waals surface area contributed by atoms with E-state index in [-0.39, 0.29) is 46.5 Å². The number of hydrogen-bond acceptors (Lipinski definition) is 8. The number of halogens is 4. The fourth-order valence-corrected chi connectivity index (χ4v) is 6.92. The van der Waals surface area contributed by atoms with Crippen LogP contribution in [0.2, 0.25) is 5.02 Å². The van der Waals surface area contributed by atoms with Crippen molar-refractivity contribution >= 4 is 40.3 Å². The van der Waals surface area contributed by atoms with E-state index in [1.165, 1.54) is 0 Å². The molecule has 2 aliphatic rings. The van der Waals surface area contributed by atoms with E-state index in [1.54, 1.807) is 40.0 Å². The number of piperazine rings is 1. The molecule has 1 saturated heterocycles. The summed E-state index contributed by atoms with van der Waals surface area (Å²) in [6, 6.07) is 6.19. The number of nitrogens with zero attached hydrogens (tertiary/aromatic N) is 8. The first kappa shape index (κ1) is 33.4. The van der Waals surface area contributed by atoms with Crippen molar-refractivity contribution in [1.29, 1.82) is 0 Å². The predicted octanol–water partition coefficient (Wildman–Crippen LogP) is 4.76. The summed E-state index contributed by atoms with van der Waals surface area (Å²) in [4.78, 5) is 53.8. The van der Waals surface area contributed by atoms with Crippen molar-refractivity contribution in [3.63, 3.8) is 0 Å². The Hall–Kier alpha value is -5.12. The Morgan fingerprint density at radius 3 is 2.58 bits per heavy atom. The number of carbonyl (C=O) groups excluding carboxylic acids is 1. The van der Waals surface area contributed by atoms with Gasteiger partial charge < -0.3 is 24.8 Å². The van der Waals surface area contributed by atoms with Gasteiger partial charge in [-0.3, -0.25) is 19.4 Å². The predicted molar refractivity (Wildman–Crippen MR) is 182 cm³/mol. The molecule has 0 radical (unpaired) electrons. The van der Waals surface area contributed by atoms with Crippen molar-refractivity contribution in [2.45, 2.75) is 64.3 Å². The monoisotopic (exact) mass is 710 g/mol. The van der Waals surface area contributed by atoms with E-state index in [4.69, 9.17) is 11.6 Å². The third-order valence-electron chi connectivity index (χ3n) is 9.42. The maximum atomic E-state index is 14.3. The highest BCUT2D eigenvalue weighted by Crippen LogP contribution is 2.34. The fraction of sp³-hybridized carbons (Fsp3) is 0.394. The van der Waals surface area contributed by atoms with E-state index in [0.29, 0.717) is 48.7 Å². The normalized spacial score (nSPS) is 17.0. The summed E-state index contributed by atoms with van der Waals surface area (Å²) in [7, 11) is 0. The maximum Gasteiger partial charge on any atom is 0.416 e. The molecule has 0 bridgehead atoms. The van der Waals surface area contributed by atoms with E-state index in [9.17, 15) is 27.6 Å². The number of aromatic amines is 1. The Morgan fingerprint density at radius 2 is 1.94 bits per heavy atom. The van der Waals surface area contributed by atoms with Crippen LogP contribution in [0.1, 0.15) is 50.4 Å². The third-order valence-corrected chi connectivity index (χ3v) is 9.74. The van der Waals surface area contributed by atoms with Gasteiger partial charge in [0.25, 0.3) is 11.1 Å². The number of amides is 1. The van der Waals surface area contributed by atoms with Gasteiger partial charge in [-0.05, 0) is 62.9 Å². The number of alkyl halides is 3. The molecule has 2 fully saturated rings. The standard InChI is InChI=1S/C33H34ClF3N10O3/c1-3-25-28(43-12-13-44(19(2)17-43)26-16-39-46(30(26)49)22-7-4-8-22)31(50)47-32(41-29(42-47)20-6-5-11-38-15-20)45(25)18-27(48)40-24-10-9-21(14-23(24)34)33(35,36)37/h5-6,9-11,14-16,19,22,39H,3-4,7-8,12-13,17-18H2,1-2H3,(H,40,48)/t19-/m1/s1. The fourth-order valence-electron chi connectivity index (χ4n) is 6.69. The Kier molecular flexibility index (Phi) is 8.66. The molecule has 13 nitrogen and oxygen atoms in total. The minimum absolute atomic E-state index is 0.00333. The molecule has 5 heterocycles. The van der Waals surface area contributed by atoms with E-state index < -0.39 is 23.2 Å². The molecule has 50 heavy (non-hydrogen) atoms. The summed E-state index contributed by atoms with van der Waals surface area (Å²) >= 11 is 6.13. The van der Waals surface area contributed by atoms with Crippen molar-refractivity contribution in [1.82, 2.24) is 33.9 Å². The van der Waals surface area contributed by atoms with Crippen LogP contribution < -0.4 is 26.2 Å². The molecule has 1 saturated carbocycles. The van der Waals surface area contributed by atoms with Crippen LogP contribution in [0.3, 0.4) is 0 Å². The van der Waals surface area contributed by atoms with Crippen LogP contribution in [0.5, 0.6) is 0 Å². The second-order valence-electron chi connectivity index (χ2n) is 12.6. The quantitative estimate of drug-likeness (QED) is 0.235. The molecule has 1 aliphatic carbocycles. The first-order chi connectivity index (χ1) is 23.9. The number of nitrogens with one attached hydrogen (secondary N) is 2. The lowest BCUT2D eigenvalue weighted by atomic mass is 9.93. The van der Waals surface area contributed by atoms with E-state index >= 15 is 0 Å². The number of rotatable bonds is 8. The molecule has 0 spiro atoms. The molecule has 5 aromatic rings. The Bertz CT molecular complexity index is 2190. The van der Waals surface area contributed by atoms with Crippen molar-refractivity contribution in [2.75, 3.05) is 34.8 Å². The van der Waals surface area contributed by atoms with Crippen LogP contribution >= 0.6 is 11.6 Å². The summed E-state index contributed by atoms with van der Waals surface area (Å²) in [6.07, 6.45) is 3.69. The van der Waals surface area contributed by atoms with E-state index in [1.807, 2.05) is 23.6 Å². The Morgan fingerprint density at radius 1 is 1.14 bits per heavy atom.